The summed E-state index contributed by atoms with van der Waals surface area (Å²) in [6, 6.07) is 2.48. The summed E-state index contributed by atoms with van der Waals surface area (Å²) in [5.74, 6) is 0. The summed E-state index contributed by atoms with van der Waals surface area (Å²) >= 11 is 0. The van der Waals surface area contributed by atoms with Gasteiger partial charge in [-0.05, 0) is 54.1 Å². The average molecular weight is 290 g/mol. The summed E-state index contributed by atoms with van der Waals surface area (Å²) in [5.41, 5.74) is 3.51. The number of methoxy groups -OCH3 is 1. The Balaban J connectivity index is 4.47. The van der Waals surface area contributed by atoms with Gasteiger partial charge in [0.05, 0.1) is 12.7 Å². The Morgan fingerprint density at radius 3 is 2.38 bits per heavy atom. The van der Waals surface area contributed by atoms with E-state index in [2.05, 4.69) is 51.1 Å². The highest BCUT2D eigenvalue weighted by atomic mass is 16.5. The molecular formula is C18H30N2O. The third kappa shape index (κ3) is 10.1. The highest BCUT2D eigenvalue weighted by Gasteiger charge is 2.09. The van der Waals surface area contributed by atoms with Crippen LogP contribution in [0, 0.1) is 11.3 Å². The first-order valence-electron chi connectivity index (χ1n) is 7.45. The summed E-state index contributed by atoms with van der Waals surface area (Å²) < 4.78 is 5.04. The summed E-state index contributed by atoms with van der Waals surface area (Å²) in [6.07, 6.45) is 9.56. The lowest BCUT2D eigenvalue weighted by Gasteiger charge is -2.21. The molecule has 0 bridgehead atoms. The zero-order valence-corrected chi connectivity index (χ0v) is 14.4. The number of rotatable bonds is 9. The van der Waals surface area contributed by atoms with Gasteiger partial charge in [0.15, 0.2) is 0 Å². The third-order valence-corrected chi connectivity index (χ3v) is 3.44. The van der Waals surface area contributed by atoms with E-state index < -0.39 is 0 Å². The van der Waals surface area contributed by atoms with Crippen molar-refractivity contribution in [2.45, 2.75) is 46.1 Å². The van der Waals surface area contributed by atoms with E-state index in [0.29, 0.717) is 6.61 Å². The number of nitriles is 1. The molecule has 0 spiro atoms. The molecule has 1 unspecified atom stereocenters. The Morgan fingerprint density at radius 1 is 1.19 bits per heavy atom. The van der Waals surface area contributed by atoms with Crippen LogP contribution in [0.15, 0.2) is 34.9 Å². The van der Waals surface area contributed by atoms with Crippen LogP contribution >= 0.6 is 0 Å². The molecule has 0 N–H and O–H groups in total. The van der Waals surface area contributed by atoms with Crippen LogP contribution in [0.25, 0.3) is 0 Å². The Kier molecular flexibility index (Phi) is 10.6. The molecule has 0 amide bonds. The fourth-order valence-electron chi connectivity index (χ4n) is 2.00. The monoisotopic (exact) mass is 290 g/mol. The molecule has 3 nitrogen and oxygen atoms in total. The molecule has 0 aromatic rings. The highest BCUT2D eigenvalue weighted by molar-refractivity contribution is 5.21. The van der Waals surface area contributed by atoms with Crippen LogP contribution in [-0.2, 0) is 4.74 Å². The minimum atomic E-state index is 0.283. The van der Waals surface area contributed by atoms with Crippen LogP contribution in [-0.4, -0.2) is 38.8 Å². The molecule has 1 atom stereocenters. The van der Waals surface area contributed by atoms with Crippen molar-refractivity contribution in [1.82, 2.24) is 4.90 Å². The van der Waals surface area contributed by atoms with Crippen molar-refractivity contribution in [3.05, 3.63) is 34.9 Å². The number of likely N-dealkylation sites (N-methyl/N-ethyl adjacent to an activating group) is 1. The quantitative estimate of drug-likeness (QED) is 0.474. The van der Waals surface area contributed by atoms with Crippen molar-refractivity contribution in [3.8, 4) is 6.07 Å². The van der Waals surface area contributed by atoms with Crippen LogP contribution in [0.1, 0.15) is 40.0 Å². The maximum absolute atomic E-state index is 8.91. The zero-order chi connectivity index (χ0) is 16.3. The topological polar surface area (TPSA) is 36.3 Å². The van der Waals surface area contributed by atoms with Crippen LogP contribution in [0.5, 0.6) is 0 Å². The summed E-state index contributed by atoms with van der Waals surface area (Å²) in [7, 11) is 5.82. The smallest absolute Gasteiger partial charge is 0.0941 e. The molecule has 0 aromatic heterocycles. The van der Waals surface area contributed by atoms with Crippen molar-refractivity contribution >= 4 is 0 Å². The first kappa shape index (κ1) is 19.6. The van der Waals surface area contributed by atoms with E-state index in [0.717, 1.165) is 24.8 Å². The lowest BCUT2D eigenvalue weighted by Crippen LogP contribution is -2.26. The maximum Gasteiger partial charge on any atom is 0.0941 e. The van der Waals surface area contributed by atoms with Crippen molar-refractivity contribution in [3.63, 3.8) is 0 Å². The molecule has 0 saturated carbocycles. The zero-order valence-electron chi connectivity index (χ0n) is 14.4. The van der Waals surface area contributed by atoms with E-state index in [-0.39, 0.29) is 6.04 Å². The standard InChI is InChI=1S/C18H30N2O/c1-15(10-11-21-6)8-7-9-16(2)12-18(20(4)5)13-17(3)14-19/h9-10,13,18H,7-8,11-12H2,1-6H3/b15-10-,16-9+,17-13-. The molecule has 0 aliphatic heterocycles. The Labute approximate surface area is 130 Å². The van der Waals surface area contributed by atoms with Gasteiger partial charge in [-0.15, -0.1) is 0 Å². The van der Waals surface area contributed by atoms with E-state index in [4.69, 9.17) is 10.00 Å². The predicted molar refractivity (Wildman–Crippen MR) is 90.1 cm³/mol. The lowest BCUT2D eigenvalue weighted by atomic mass is 10.0. The second-order valence-electron chi connectivity index (χ2n) is 5.79. The number of nitrogens with zero attached hydrogens (tertiary/aromatic N) is 2. The molecule has 0 saturated heterocycles. The summed E-state index contributed by atoms with van der Waals surface area (Å²) in [5, 5.41) is 8.91. The molecule has 0 aliphatic rings. The Hall–Kier alpha value is -1.37. The normalized spacial score (nSPS) is 15.2. The van der Waals surface area contributed by atoms with Crippen molar-refractivity contribution in [1.29, 1.82) is 5.26 Å². The van der Waals surface area contributed by atoms with E-state index in [9.17, 15) is 0 Å². The molecule has 21 heavy (non-hydrogen) atoms. The van der Waals surface area contributed by atoms with Gasteiger partial charge in [-0.25, -0.2) is 0 Å². The third-order valence-electron chi connectivity index (χ3n) is 3.44. The SMILES string of the molecule is COC/C=C(/C)CC/C=C(\C)CC(/C=C(/C)C#N)N(C)C. The molecule has 0 aromatic carbocycles. The van der Waals surface area contributed by atoms with Gasteiger partial charge in [-0.2, -0.15) is 5.26 Å². The maximum atomic E-state index is 8.91. The van der Waals surface area contributed by atoms with Crippen LogP contribution in [0.3, 0.4) is 0 Å². The fourth-order valence-corrected chi connectivity index (χ4v) is 2.00. The minimum Gasteiger partial charge on any atom is -0.381 e. The van der Waals surface area contributed by atoms with Crippen molar-refractivity contribution in [2.75, 3.05) is 27.8 Å². The average Bonchev–Trinajstić information content (AvgIpc) is 2.43. The second kappa shape index (κ2) is 11.3. The van der Waals surface area contributed by atoms with E-state index in [1.807, 2.05) is 13.0 Å². The summed E-state index contributed by atoms with van der Waals surface area (Å²) in [4.78, 5) is 2.15. The van der Waals surface area contributed by atoms with E-state index in [1.54, 1.807) is 7.11 Å². The van der Waals surface area contributed by atoms with Gasteiger partial charge in [-0.3, -0.25) is 0 Å². The first-order chi connectivity index (χ1) is 9.90. The summed E-state index contributed by atoms with van der Waals surface area (Å²) in [6.45, 7) is 6.86. The second-order valence-corrected chi connectivity index (χ2v) is 5.79. The Bertz CT molecular complexity index is 425. The largest absolute Gasteiger partial charge is 0.381 e. The van der Waals surface area contributed by atoms with Gasteiger partial charge in [0.2, 0.25) is 0 Å². The molecule has 118 valence electrons. The van der Waals surface area contributed by atoms with Crippen LogP contribution < -0.4 is 0 Å². The highest BCUT2D eigenvalue weighted by Crippen LogP contribution is 2.14. The molecular weight excluding hydrogens is 260 g/mol. The molecule has 0 radical (unpaired) electrons. The first-order valence-corrected chi connectivity index (χ1v) is 7.45. The van der Waals surface area contributed by atoms with Gasteiger partial charge in [0, 0.05) is 18.7 Å². The van der Waals surface area contributed by atoms with E-state index in [1.165, 1.54) is 11.1 Å². The Morgan fingerprint density at radius 2 is 1.86 bits per heavy atom. The number of allylic oxidation sites excluding steroid dienone is 3. The molecule has 0 fully saturated rings. The van der Waals surface area contributed by atoms with Crippen LogP contribution in [0.2, 0.25) is 0 Å². The van der Waals surface area contributed by atoms with Crippen molar-refractivity contribution in [2.24, 2.45) is 0 Å². The molecule has 0 heterocycles. The van der Waals surface area contributed by atoms with Crippen LogP contribution in [0.4, 0.5) is 0 Å². The lowest BCUT2D eigenvalue weighted by molar-refractivity contribution is 0.233. The van der Waals surface area contributed by atoms with Gasteiger partial charge in [0.25, 0.3) is 0 Å². The van der Waals surface area contributed by atoms with Gasteiger partial charge >= 0.3 is 0 Å². The number of ether oxygens (including phenoxy) is 1. The van der Waals surface area contributed by atoms with Gasteiger partial charge < -0.3 is 9.64 Å². The molecule has 0 aliphatic carbocycles. The van der Waals surface area contributed by atoms with E-state index >= 15 is 0 Å². The van der Waals surface area contributed by atoms with Gasteiger partial charge in [-0.1, -0.05) is 29.4 Å². The number of hydrogen-bond acceptors (Lipinski definition) is 3. The minimum absolute atomic E-state index is 0.283. The molecule has 3 heteroatoms. The number of hydrogen-bond donors (Lipinski definition) is 0. The molecule has 0 rings (SSSR count). The van der Waals surface area contributed by atoms with Crippen molar-refractivity contribution < 1.29 is 4.74 Å². The predicted octanol–water partition coefficient (Wildman–Crippen LogP) is 4.10. The fraction of sp³-hybridized carbons (Fsp3) is 0.611. The van der Waals surface area contributed by atoms with Gasteiger partial charge in [0.1, 0.15) is 0 Å².